The number of benzene rings is 2. The van der Waals surface area contributed by atoms with Crippen LogP contribution in [0.25, 0.3) is 0 Å². The van der Waals surface area contributed by atoms with Gasteiger partial charge in [0, 0.05) is 39.1 Å². The van der Waals surface area contributed by atoms with E-state index < -0.39 is 0 Å². The largest absolute Gasteiger partial charge is 0.341 e. The van der Waals surface area contributed by atoms with Gasteiger partial charge in [-0.25, -0.2) is 0 Å². The SMILES string of the molecule is CC(NCc1ccccc1CN1CCCC1=O)C(=O)N1CCC(Cc2ccccc2)CC1. The molecule has 5 heteroatoms. The smallest absolute Gasteiger partial charge is 0.239 e. The van der Waals surface area contributed by atoms with Gasteiger partial charge in [-0.05, 0) is 55.2 Å². The average Bonchev–Trinajstić information content (AvgIpc) is 3.23. The third-order valence-corrected chi connectivity index (χ3v) is 6.91. The number of piperidine rings is 1. The van der Waals surface area contributed by atoms with Crippen molar-refractivity contribution in [1.29, 1.82) is 0 Å². The van der Waals surface area contributed by atoms with Gasteiger partial charge in [0.2, 0.25) is 11.8 Å². The lowest BCUT2D eigenvalue weighted by Crippen LogP contribution is -2.47. The molecule has 2 aromatic rings. The maximum Gasteiger partial charge on any atom is 0.239 e. The van der Waals surface area contributed by atoms with Crippen molar-refractivity contribution in [2.45, 2.75) is 58.2 Å². The van der Waals surface area contributed by atoms with E-state index in [1.807, 2.05) is 28.9 Å². The molecule has 2 saturated heterocycles. The molecule has 2 fully saturated rings. The highest BCUT2D eigenvalue weighted by Gasteiger charge is 2.26. The van der Waals surface area contributed by atoms with Crippen LogP contribution < -0.4 is 5.32 Å². The molecule has 0 aliphatic carbocycles. The van der Waals surface area contributed by atoms with Crippen LogP contribution >= 0.6 is 0 Å². The fraction of sp³-hybridized carbons (Fsp3) is 0.481. The second kappa shape index (κ2) is 10.8. The van der Waals surface area contributed by atoms with Crippen LogP contribution in [0.4, 0.5) is 0 Å². The third-order valence-electron chi connectivity index (χ3n) is 6.91. The van der Waals surface area contributed by atoms with Crippen molar-refractivity contribution < 1.29 is 9.59 Å². The highest BCUT2D eigenvalue weighted by atomic mass is 16.2. The number of nitrogens with zero attached hydrogens (tertiary/aromatic N) is 2. The number of likely N-dealkylation sites (tertiary alicyclic amines) is 2. The molecule has 2 aliphatic rings. The molecule has 0 bridgehead atoms. The number of hydrogen-bond donors (Lipinski definition) is 1. The number of carbonyl (C=O) groups is 2. The summed E-state index contributed by atoms with van der Waals surface area (Å²) >= 11 is 0. The van der Waals surface area contributed by atoms with E-state index in [0.717, 1.165) is 56.4 Å². The van der Waals surface area contributed by atoms with Gasteiger partial charge in [-0.15, -0.1) is 0 Å². The first kappa shape index (κ1) is 22.5. The molecule has 170 valence electrons. The fourth-order valence-corrected chi connectivity index (χ4v) is 4.89. The van der Waals surface area contributed by atoms with Gasteiger partial charge in [0.15, 0.2) is 0 Å². The van der Waals surface area contributed by atoms with Crippen molar-refractivity contribution >= 4 is 11.8 Å². The Bertz CT molecular complexity index is 906. The number of carbonyl (C=O) groups excluding carboxylic acids is 2. The maximum atomic E-state index is 13.0. The van der Waals surface area contributed by atoms with Crippen LogP contribution in [0.5, 0.6) is 0 Å². The highest BCUT2D eigenvalue weighted by molar-refractivity contribution is 5.81. The highest BCUT2D eigenvalue weighted by Crippen LogP contribution is 2.22. The van der Waals surface area contributed by atoms with E-state index >= 15 is 0 Å². The number of rotatable bonds is 8. The third kappa shape index (κ3) is 5.77. The number of nitrogens with one attached hydrogen (secondary N) is 1. The Kier molecular flexibility index (Phi) is 7.59. The van der Waals surface area contributed by atoms with Gasteiger partial charge in [-0.2, -0.15) is 0 Å². The summed E-state index contributed by atoms with van der Waals surface area (Å²) in [5, 5.41) is 3.43. The van der Waals surface area contributed by atoms with Crippen molar-refractivity contribution in [3.63, 3.8) is 0 Å². The van der Waals surface area contributed by atoms with Crippen LogP contribution in [0.1, 0.15) is 49.3 Å². The molecule has 1 atom stereocenters. The first-order valence-corrected chi connectivity index (χ1v) is 12.0. The summed E-state index contributed by atoms with van der Waals surface area (Å²) in [7, 11) is 0. The van der Waals surface area contributed by atoms with E-state index in [1.165, 1.54) is 5.56 Å². The zero-order valence-electron chi connectivity index (χ0n) is 19.1. The molecule has 2 amide bonds. The summed E-state index contributed by atoms with van der Waals surface area (Å²) < 4.78 is 0. The molecule has 0 saturated carbocycles. The Balaban J connectivity index is 1.25. The summed E-state index contributed by atoms with van der Waals surface area (Å²) in [6.45, 7) is 5.79. The number of amides is 2. The van der Waals surface area contributed by atoms with Crippen LogP contribution in [-0.2, 0) is 29.1 Å². The van der Waals surface area contributed by atoms with E-state index in [-0.39, 0.29) is 17.9 Å². The van der Waals surface area contributed by atoms with E-state index in [4.69, 9.17) is 0 Å². The first-order chi connectivity index (χ1) is 15.6. The Labute approximate surface area is 191 Å². The average molecular weight is 434 g/mol. The van der Waals surface area contributed by atoms with E-state index in [2.05, 4.69) is 47.8 Å². The van der Waals surface area contributed by atoms with Gasteiger partial charge in [0.1, 0.15) is 0 Å². The molecular formula is C27H35N3O2. The first-order valence-electron chi connectivity index (χ1n) is 12.0. The van der Waals surface area contributed by atoms with Crippen molar-refractivity contribution in [3.8, 4) is 0 Å². The Morgan fingerprint density at radius 3 is 2.38 bits per heavy atom. The van der Waals surface area contributed by atoms with Crippen LogP contribution in [0, 0.1) is 5.92 Å². The Morgan fingerprint density at radius 1 is 1.00 bits per heavy atom. The fourth-order valence-electron chi connectivity index (χ4n) is 4.89. The van der Waals surface area contributed by atoms with Crippen molar-refractivity contribution in [1.82, 2.24) is 15.1 Å². The minimum absolute atomic E-state index is 0.190. The molecule has 2 heterocycles. The second-order valence-electron chi connectivity index (χ2n) is 9.25. The Morgan fingerprint density at radius 2 is 1.69 bits per heavy atom. The standard InChI is InChI=1S/C27H35N3O2/c1-21(27(32)29-16-13-23(14-17-29)18-22-8-3-2-4-9-22)28-19-24-10-5-6-11-25(24)20-30-15-7-12-26(30)31/h2-6,8-11,21,23,28H,7,12-20H2,1H3. The molecule has 0 radical (unpaired) electrons. The summed E-state index contributed by atoms with van der Waals surface area (Å²) in [5.41, 5.74) is 3.71. The van der Waals surface area contributed by atoms with Crippen LogP contribution in [0.2, 0.25) is 0 Å². The second-order valence-corrected chi connectivity index (χ2v) is 9.25. The summed E-state index contributed by atoms with van der Waals surface area (Å²) in [6, 6.07) is 18.7. The zero-order chi connectivity index (χ0) is 22.3. The molecule has 1 N–H and O–H groups in total. The maximum absolute atomic E-state index is 13.0. The Hall–Kier alpha value is -2.66. The van der Waals surface area contributed by atoms with Crippen molar-refractivity contribution in [3.05, 3.63) is 71.3 Å². The lowest BCUT2D eigenvalue weighted by atomic mass is 9.90. The van der Waals surface area contributed by atoms with Crippen molar-refractivity contribution in [2.24, 2.45) is 5.92 Å². The monoisotopic (exact) mass is 433 g/mol. The summed E-state index contributed by atoms with van der Waals surface area (Å²) in [5.74, 6) is 1.09. The zero-order valence-corrected chi connectivity index (χ0v) is 19.1. The quantitative estimate of drug-likeness (QED) is 0.690. The van der Waals surface area contributed by atoms with Gasteiger partial charge >= 0.3 is 0 Å². The summed E-state index contributed by atoms with van der Waals surface area (Å²) in [6.07, 6.45) is 4.86. The molecule has 4 rings (SSSR count). The molecule has 2 aromatic carbocycles. The lowest BCUT2D eigenvalue weighted by Gasteiger charge is -2.34. The van der Waals surface area contributed by atoms with Gasteiger partial charge in [-0.1, -0.05) is 54.6 Å². The molecular weight excluding hydrogens is 398 g/mol. The minimum Gasteiger partial charge on any atom is -0.341 e. The summed E-state index contributed by atoms with van der Waals surface area (Å²) in [4.78, 5) is 29.0. The van der Waals surface area contributed by atoms with Gasteiger partial charge in [0.25, 0.3) is 0 Å². The topological polar surface area (TPSA) is 52.7 Å². The number of hydrogen-bond acceptors (Lipinski definition) is 3. The van der Waals surface area contributed by atoms with Gasteiger partial charge < -0.3 is 15.1 Å². The molecule has 0 aromatic heterocycles. The normalized spacial score (nSPS) is 18.2. The van der Waals surface area contributed by atoms with Gasteiger partial charge in [0.05, 0.1) is 6.04 Å². The van der Waals surface area contributed by atoms with E-state index in [9.17, 15) is 9.59 Å². The molecule has 1 unspecified atom stereocenters. The minimum atomic E-state index is -0.220. The van der Waals surface area contributed by atoms with E-state index in [1.54, 1.807) is 0 Å². The van der Waals surface area contributed by atoms with Crippen molar-refractivity contribution in [2.75, 3.05) is 19.6 Å². The van der Waals surface area contributed by atoms with Crippen LogP contribution in [0.15, 0.2) is 54.6 Å². The predicted molar refractivity (Wildman–Crippen MR) is 127 cm³/mol. The molecule has 5 nitrogen and oxygen atoms in total. The lowest BCUT2D eigenvalue weighted by molar-refractivity contribution is -0.134. The predicted octanol–water partition coefficient (Wildman–Crippen LogP) is 3.77. The van der Waals surface area contributed by atoms with Crippen LogP contribution in [0.3, 0.4) is 0 Å². The van der Waals surface area contributed by atoms with Gasteiger partial charge in [-0.3, -0.25) is 9.59 Å². The van der Waals surface area contributed by atoms with E-state index in [0.29, 0.717) is 25.4 Å². The molecule has 0 spiro atoms. The molecule has 2 aliphatic heterocycles. The van der Waals surface area contributed by atoms with Crippen LogP contribution in [-0.4, -0.2) is 47.3 Å². The molecule has 32 heavy (non-hydrogen) atoms.